The zero-order chi connectivity index (χ0) is 26.6. The molecule has 0 bridgehead atoms. The minimum atomic E-state index is -5.11. The Labute approximate surface area is 216 Å². The van der Waals surface area contributed by atoms with Crippen molar-refractivity contribution in [3.63, 3.8) is 0 Å². The molecule has 1 fully saturated rings. The Morgan fingerprint density at radius 2 is 1.92 bits per heavy atom. The number of benzene rings is 2. The van der Waals surface area contributed by atoms with E-state index in [1.165, 1.54) is 6.07 Å². The van der Waals surface area contributed by atoms with Gasteiger partial charge in [-0.15, -0.1) is 0 Å². The topological polar surface area (TPSA) is 83.7 Å². The van der Waals surface area contributed by atoms with Crippen molar-refractivity contribution in [2.75, 3.05) is 32.8 Å². The second-order valence-corrected chi connectivity index (χ2v) is 9.34. The Bertz CT molecular complexity index is 1260. The van der Waals surface area contributed by atoms with Gasteiger partial charge in [-0.2, -0.15) is 13.2 Å². The highest BCUT2D eigenvalue weighted by atomic mass is 35.5. The molecule has 0 spiro atoms. The summed E-state index contributed by atoms with van der Waals surface area (Å²) in [5.41, 5.74) is 2.60. The van der Waals surface area contributed by atoms with Crippen LogP contribution in [0.1, 0.15) is 34.5 Å². The molecule has 11 heteroatoms. The molecular formula is C26H27ClF3N3O4. The summed E-state index contributed by atoms with van der Waals surface area (Å²) in [5, 5.41) is 4.37. The first-order valence-corrected chi connectivity index (χ1v) is 12.2. The molecule has 2 aromatic carbocycles. The molecule has 0 unspecified atom stereocenters. The summed E-state index contributed by atoms with van der Waals surface area (Å²) in [6, 6.07) is 11.5. The highest BCUT2D eigenvalue weighted by Crippen LogP contribution is 2.27. The quantitative estimate of drug-likeness (QED) is 0.408. The van der Waals surface area contributed by atoms with E-state index in [-0.39, 0.29) is 18.5 Å². The van der Waals surface area contributed by atoms with E-state index in [0.29, 0.717) is 48.9 Å². The number of aromatic amines is 1. The summed E-state index contributed by atoms with van der Waals surface area (Å²) in [6.07, 6.45) is -3.94. The first-order chi connectivity index (χ1) is 17.6. The van der Waals surface area contributed by atoms with Gasteiger partial charge in [0.1, 0.15) is 6.10 Å². The number of halogens is 4. The zero-order valence-corrected chi connectivity index (χ0v) is 20.9. The fraction of sp³-hybridized carbons (Fsp3) is 0.385. The number of carbonyl (C=O) groups is 2. The number of carbonyl (C=O) groups excluding carboxylic acids is 2. The summed E-state index contributed by atoms with van der Waals surface area (Å²) >= 11 is 5.99. The molecule has 4 rings (SSSR count). The molecule has 7 nitrogen and oxygen atoms in total. The number of esters is 1. The molecule has 3 aromatic rings. The van der Waals surface area contributed by atoms with Crippen molar-refractivity contribution < 1.29 is 32.2 Å². The molecule has 198 valence electrons. The average Bonchev–Trinajstić information content (AvgIpc) is 3.28. The summed E-state index contributed by atoms with van der Waals surface area (Å²) in [7, 11) is 0. The number of morpholine rings is 1. The monoisotopic (exact) mass is 537 g/mol. The van der Waals surface area contributed by atoms with Crippen LogP contribution in [-0.2, 0) is 20.7 Å². The summed E-state index contributed by atoms with van der Waals surface area (Å²) in [4.78, 5) is 29.6. The van der Waals surface area contributed by atoms with Gasteiger partial charge in [0, 0.05) is 42.3 Å². The molecule has 2 heterocycles. The van der Waals surface area contributed by atoms with E-state index in [1.807, 2.05) is 25.3 Å². The molecule has 1 aliphatic heterocycles. The van der Waals surface area contributed by atoms with Crippen LogP contribution in [-0.4, -0.2) is 66.8 Å². The number of hydrogen-bond donors (Lipinski definition) is 2. The van der Waals surface area contributed by atoms with E-state index < -0.39 is 18.2 Å². The maximum absolute atomic E-state index is 13.0. The van der Waals surface area contributed by atoms with Crippen molar-refractivity contribution in [2.45, 2.75) is 31.7 Å². The van der Waals surface area contributed by atoms with Crippen molar-refractivity contribution in [1.82, 2.24) is 15.2 Å². The first-order valence-electron chi connectivity index (χ1n) is 11.9. The fourth-order valence-electron chi connectivity index (χ4n) is 4.34. The van der Waals surface area contributed by atoms with Gasteiger partial charge in [-0.3, -0.25) is 4.79 Å². The van der Waals surface area contributed by atoms with Crippen LogP contribution in [0.3, 0.4) is 0 Å². The van der Waals surface area contributed by atoms with Crippen LogP contribution in [0.5, 0.6) is 0 Å². The molecule has 2 atom stereocenters. The minimum absolute atomic E-state index is 0.0492. The van der Waals surface area contributed by atoms with Gasteiger partial charge in [-0.25, -0.2) is 4.79 Å². The van der Waals surface area contributed by atoms with Crippen molar-refractivity contribution >= 4 is 34.4 Å². The fourth-order valence-corrected chi connectivity index (χ4v) is 4.54. The van der Waals surface area contributed by atoms with Gasteiger partial charge in [0.25, 0.3) is 5.91 Å². The third-order valence-electron chi connectivity index (χ3n) is 6.21. The van der Waals surface area contributed by atoms with E-state index >= 15 is 0 Å². The van der Waals surface area contributed by atoms with E-state index in [4.69, 9.17) is 21.1 Å². The van der Waals surface area contributed by atoms with Crippen LogP contribution >= 0.6 is 11.6 Å². The lowest BCUT2D eigenvalue weighted by Gasteiger charge is -2.27. The number of nitrogens with one attached hydrogen (secondary N) is 2. The second-order valence-electron chi connectivity index (χ2n) is 8.91. The Morgan fingerprint density at radius 3 is 2.62 bits per heavy atom. The molecule has 1 saturated heterocycles. The zero-order valence-electron chi connectivity index (χ0n) is 20.1. The number of alkyl halides is 3. The minimum Gasteiger partial charge on any atom is -0.449 e. The number of fused-ring (bicyclic) bond motifs is 1. The van der Waals surface area contributed by atoms with Gasteiger partial charge in [0.2, 0.25) is 0 Å². The van der Waals surface area contributed by atoms with Crippen molar-refractivity contribution in [2.24, 2.45) is 0 Å². The highest BCUT2D eigenvalue weighted by molar-refractivity contribution is 6.30. The molecule has 37 heavy (non-hydrogen) atoms. The molecule has 0 aliphatic carbocycles. The lowest BCUT2D eigenvalue weighted by atomic mass is 10.0. The molecule has 0 radical (unpaired) electrons. The van der Waals surface area contributed by atoms with E-state index in [0.717, 1.165) is 16.5 Å². The van der Waals surface area contributed by atoms with Gasteiger partial charge in [0.15, 0.2) is 0 Å². The number of amides is 1. The number of ether oxygens (including phenoxy) is 2. The molecule has 1 aliphatic rings. The second kappa shape index (κ2) is 11.5. The predicted molar refractivity (Wildman–Crippen MR) is 133 cm³/mol. The maximum Gasteiger partial charge on any atom is 0.490 e. The Balaban J connectivity index is 1.46. The van der Waals surface area contributed by atoms with Crippen LogP contribution in [0.2, 0.25) is 5.02 Å². The van der Waals surface area contributed by atoms with Crippen LogP contribution in [0.15, 0.2) is 48.7 Å². The van der Waals surface area contributed by atoms with Crippen molar-refractivity contribution in [3.8, 4) is 0 Å². The van der Waals surface area contributed by atoms with E-state index in [1.54, 1.807) is 29.2 Å². The Hall–Kier alpha value is -3.08. The van der Waals surface area contributed by atoms with E-state index in [2.05, 4.69) is 10.3 Å². The summed E-state index contributed by atoms with van der Waals surface area (Å²) < 4.78 is 48.7. The highest BCUT2D eigenvalue weighted by Gasteiger charge is 2.42. The number of aromatic nitrogens is 1. The third-order valence-corrected chi connectivity index (χ3v) is 6.44. The number of rotatable bonds is 8. The number of H-pyrrole nitrogens is 1. The van der Waals surface area contributed by atoms with Gasteiger partial charge < -0.3 is 24.7 Å². The predicted octanol–water partition coefficient (Wildman–Crippen LogP) is 4.66. The molecule has 2 N–H and O–H groups in total. The Morgan fingerprint density at radius 1 is 1.19 bits per heavy atom. The largest absolute Gasteiger partial charge is 0.490 e. The van der Waals surface area contributed by atoms with Gasteiger partial charge in [-0.05, 0) is 42.7 Å². The van der Waals surface area contributed by atoms with Crippen LogP contribution < -0.4 is 5.32 Å². The average molecular weight is 538 g/mol. The SMILES string of the molecule is C[C@H](Cc1c[nH]c2c(C(=O)N3CCOCC3)cccc12)NC[C@H](OC(=O)C(F)(F)F)c1cccc(Cl)c1. The standard InChI is InChI=1S/C26H27ClF3N3O4/c1-16(31-15-22(37-25(35)26(28,29)30)17-4-2-5-19(27)13-17)12-18-14-32-23-20(18)6-3-7-21(23)24(34)33-8-10-36-11-9-33/h2-7,13-14,16,22,31-32H,8-12,15H2,1H3/t16-,22+/m1/s1. The smallest absolute Gasteiger partial charge is 0.449 e. The summed E-state index contributed by atoms with van der Waals surface area (Å²) in [5.74, 6) is -2.33. The van der Waals surface area contributed by atoms with Gasteiger partial charge >= 0.3 is 12.1 Å². The van der Waals surface area contributed by atoms with Gasteiger partial charge in [0.05, 0.1) is 24.3 Å². The summed E-state index contributed by atoms with van der Waals surface area (Å²) in [6.45, 7) is 3.92. The van der Waals surface area contributed by atoms with E-state index in [9.17, 15) is 22.8 Å². The third kappa shape index (κ3) is 6.63. The molecule has 0 saturated carbocycles. The van der Waals surface area contributed by atoms with Gasteiger partial charge in [-0.1, -0.05) is 35.9 Å². The van der Waals surface area contributed by atoms with Crippen LogP contribution in [0.4, 0.5) is 13.2 Å². The lowest BCUT2D eigenvalue weighted by molar-refractivity contribution is -0.205. The molecular weight excluding hydrogens is 511 g/mol. The normalized spacial score (nSPS) is 16.0. The number of nitrogens with zero attached hydrogens (tertiary/aromatic N) is 1. The Kier molecular flexibility index (Phi) is 8.41. The molecule has 1 aromatic heterocycles. The van der Waals surface area contributed by atoms with Crippen molar-refractivity contribution in [1.29, 1.82) is 0 Å². The lowest BCUT2D eigenvalue weighted by Crippen LogP contribution is -2.40. The van der Waals surface area contributed by atoms with Crippen LogP contribution in [0, 0.1) is 0 Å². The van der Waals surface area contributed by atoms with Crippen molar-refractivity contribution in [3.05, 3.63) is 70.4 Å². The maximum atomic E-state index is 13.0. The number of hydrogen-bond acceptors (Lipinski definition) is 5. The van der Waals surface area contributed by atoms with Crippen LogP contribution in [0.25, 0.3) is 10.9 Å². The molecule has 1 amide bonds. The number of para-hydroxylation sites is 1. The first kappa shape index (κ1) is 27.0.